The Labute approximate surface area is 228 Å². The predicted molar refractivity (Wildman–Crippen MR) is 140 cm³/mol. The third-order valence-corrected chi connectivity index (χ3v) is 2.01. The number of nitrogens with one attached hydrogen (secondary N) is 1. The topological polar surface area (TPSA) is 268 Å². The molecule has 0 fully saturated rings. The van der Waals surface area contributed by atoms with Crippen LogP contribution in [-0.2, 0) is 43.0 Å². The molecule has 0 rings (SSSR count). The second-order valence-electron chi connectivity index (χ2n) is 4.95. The third kappa shape index (κ3) is 69.7. The van der Waals surface area contributed by atoms with Gasteiger partial charge in [-0.05, 0) is 6.92 Å². The minimum atomic E-state index is -1.06. The molecule has 0 aliphatic heterocycles. The van der Waals surface area contributed by atoms with Gasteiger partial charge in [-0.25, -0.2) is 38.4 Å². The lowest BCUT2D eigenvalue weighted by Gasteiger charge is -2.05. The number of amides is 1. The zero-order chi connectivity index (χ0) is 33.3. The summed E-state index contributed by atoms with van der Waals surface area (Å²) in [5.41, 5.74) is -0.386. The van der Waals surface area contributed by atoms with Crippen molar-refractivity contribution >= 4 is 47.9 Å². The third-order valence-electron chi connectivity index (χ3n) is 2.01. The van der Waals surface area contributed by atoms with E-state index in [9.17, 15) is 38.4 Å². The lowest BCUT2D eigenvalue weighted by molar-refractivity contribution is -0.153. The van der Waals surface area contributed by atoms with Crippen LogP contribution >= 0.6 is 0 Å². The van der Waals surface area contributed by atoms with Gasteiger partial charge in [-0.1, -0.05) is 46.1 Å². The molecule has 0 atom stereocenters. The van der Waals surface area contributed by atoms with Crippen LogP contribution in [0.1, 0.15) is 6.92 Å². The molecule has 40 heavy (non-hydrogen) atoms. The van der Waals surface area contributed by atoms with E-state index in [1.54, 1.807) is 6.92 Å². The van der Waals surface area contributed by atoms with Crippen LogP contribution in [0, 0.1) is 0 Å². The van der Waals surface area contributed by atoms with Crippen molar-refractivity contribution in [3.05, 3.63) is 88.2 Å². The molecule has 0 aromatic carbocycles. The number of esters is 2. The highest BCUT2D eigenvalue weighted by Crippen LogP contribution is 1.92. The monoisotopic (exact) mass is 573 g/mol. The van der Waals surface area contributed by atoms with Crippen LogP contribution in [0.2, 0.25) is 0 Å². The number of carboxylic acids is 5. The summed E-state index contributed by atoms with van der Waals surface area (Å²) in [6.45, 7) is 22.8. The van der Waals surface area contributed by atoms with Gasteiger partial charge in [0.05, 0.1) is 6.61 Å². The van der Waals surface area contributed by atoms with Gasteiger partial charge in [-0.3, -0.25) is 5.32 Å². The van der Waals surface area contributed by atoms with Gasteiger partial charge in [0, 0.05) is 36.5 Å². The Kier molecular flexibility index (Phi) is 41.4. The Morgan fingerprint density at radius 3 is 1.02 bits per heavy atom. The van der Waals surface area contributed by atoms with E-state index in [1.807, 2.05) is 5.32 Å². The van der Waals surface area contributed by atoms with Crippen molar-refractivity contribution in [1.29, 1.82) is 0 Å². The Hall–Kier alpha value is -6.06. The number of carbonyl (C=O) groups is 8. The van der Waals surface area contributed by atoms with Crippen LogP contribution in [0.4, 0.5) is 4.79 Å². The Morgan fingerprint density at radius 2 is 0.850 bits per heavy atom. The molecule has 16 nitrogen and oxygen atoms in total. The maximum atomic E-state index is 11.0. The first kappa shape index (κ1) is 47.2. The van der Waals surface area contributed by atoms with E-state index < -0.39 is 47.9 Å². The molecule has 1 amide bonds. The predicted octanol–water partition coefficient (Wildman–Crippen LogP) is 1.79. The molecular weight excluding hydrogens is 542 g/mol. The van der Waals surface area contributed by atoms with Gasteiger partial charge in [-0.2, -0.15) is 0 Å². The fourth-order valence-corrected chi connectivity index (χ4v) is 0.536. The van der Waals surface area contributed by atoms with E-state index in [1.165, 1.54) is 0 Å². The lowest BCUT2D eigenvalue weighted by atomic mass is 10.5. The number of carboxylic acid groups (broad SMARTS) is 5. The summed E-state index contributed by atoms with van der Waals surface area (Å²) in [4.78, 5) is 78.6. The molecule has 0 unspecified atom stereocenters. The highest BCUT2D eigenvalue weighted by molar-refractivity contribution is 6.00. The highest BCUT2D eigenvalue weighted by atomic mass is 16.6. The molecule has 0 bridgehead atoms. The summed E-state index contributed by atoms with van der Waals surface area (Å²) >= 11 is 0. The maximum Gasteiger partial charge on any atom is 0.411 e. The average Bonchev–Trinajstić information content (AvgIpc) is 2.89. The van der Waals surface area contributed by atoms with Gasteiger partial charge in [0.1, 0.15) is 5.70 Å². The molecule has 0 aliphatic carbocycles. The molecule has 0 heterocycles. The molecule has 0 spiro atoms. The summed E-state index contributed by atoms with van der Waals surface area (Å²) in [5, 5.41) is 40.0. The Morgan fingerprint density at radius 1 is 0.600 bits per heavy atom. The molecular formula is C24H31NO15. The smallest absolute Gasteiger partial charge is 0.411 e. The summed E-state index contributed by atoms with van der Waals surface area (Å²) in [6, 6.07) is 0. The molecule has 16 heteroatoms. The first-order valence-electron chi connectivity index (χ1n) is 9.64. The van der Waals surface area contributed by atoms with Crippen LogP contribution in [0.3, 0.4) is 0 Å². The van der Waals surface area contributed by atoms with Gasteiger partial charge in [0.15, 0.2) is 0 Å². The number of hydrogen-bond acceptors (Lipinski definition) is 10. The second-order valence-corrected chi connectivity index (χ2v) is 4.95. The lowest BCUT2D eigenvalue weighted by Crippen LogP contribution is -2.29. The van der Waals surface area contributed by atoms with Crippen molar-refractivity contribution in [2.24, 2.45) is 0 Å². The van der Waals surface area contributed by atoms with Gasteiger partial charge in [-0.15, -0.1) is 0 Å². The van der Waals surface area contributed by atoms with Gasteiger partial charge < -0.3 is 35.0 Å². The standard InChI is InChI=1S/C9H11NO5.5C3H4O2/c1-4-7(11)15-8(12)6(3)10-9(13)14-5-2;5*1-2-3(4)5/h4H,1,3,5H2,2H3,(H,10,13);5*2H,1H2,(H,4,5). The van der Waals surface area contributed by atoms with Crippen molar-refractivity contribution in [1.82, 2.24) is 5.32 Å². The van der Waals surface area contributed by atoms with Crippen molar-refractivity contribution < 1.29 is 73.4 Å². The van der Waals surface area contributed by atoms with Gasteiger partial charge in [0.2, 0.25) is 0 Å². The first-order chi connectivity index (χ1) is 18.4. The molecule has 0 radical (unpaired) electrons. The highest BCUT2D eigenvalue weighted by Gasteiger charge is 2.14. The normalized spacial score (nSPS) is 7.22. The zero-order valence-electron chi connectivity index (χ0n) is 21.4. The SMILES string of the molecule is C=CC(=O)O.C=CC(=O)O.C=CC(=O)O.C=CC(=O)O.C=CC(=O)O.C=CC(=O)OC(=O)C(=C)NC(=O)OCC. The van der Waals surface area contributed by atoms with Crippen molar-refractivity contribution in [2.45, 2.75) is 6.92 Å². The van der Waals surface area contributed by atoms with Crippen LogP contribution in [0.15, 0.2) is 88.2 Å². The molecule has 0 saturated carbocycles. The largest absolute Gasteiger partial charge is 0.478 e. The van der Waals surface area contributed by atoms with Crippen LogP contribution in [-0.4, -0.2) is 80.0 Å². The average molecular weight is 574 g/mol. The minimum Gasteiger partial charge on any atom is -0.478 e. The molecule has 0 saturated heterocycles. The van der Waals surface area contributed by atoms with Crippen molar-refractivity contribution in [2.75, 3.05) is 6.61 Å². The molecule has 222 valence electrons. The van der Waals surface area contributed by atoms with Crippen LogP contribution in [0.5, 0.6) is 0 Å². The van der Waals surface area contributed by atoms with E-state index >= 15 is 0 Å². The number of rotatable bonds is 9. The first-order valence-corrected chi connectivity index (χ1v) is 9.64. The quantitative estimate of drug-likeness (QED) is 0.130. The number of hydrogen-bond donors (Lipinski definition) is 6. The summed E-state index contributed by atoms with van der Waals surface area (Å²) in [5.74, 6) is -6.89. The summed E-state index contributed by atoms with van der Waals surface area (Å²) < 4.78 is 8.64. The Bertz CT molecular complexity index is 841. The molecule has 0 aromatic rings. The van der Waals surface area contributed by atoms with E-state index in [2.05, 4.69) is 55.5 Å². The van der Waals surface area contributed by atoms with Crippen molar-refractivity contribution in [3.8, 4) is 0 Å². The van der Waals surface area contributed by atoms with Crippen molar-refractivity contribution in [3.63, 3.8) is 0 Å². The van der Waals surface area contributed by atoms with Crippen LogP contribution < -0.4 is 5.32 Å². The number of ether oxygens (including phenoxy) is 2. The van der Waals surface area contributed by atoms with E-state index in [4.69, 9.17) is 25.5 Å². The number of alkyl carbamates (subject to hydrolysis) is 1. The minimum absolute atomic E-state index is 0.153. The van der Waals surface area contributed by atoms with E-state index in [0.29, 0.717) is 0 Å². The number of aliphatic carboxylic acids is 5. The molecule has 0 aliphatic rings. The van der Waals surface area contributed by atoms with Crippen LogP contribution in [0.25, 0.3) is 0 Å². The van der Waals surface area contributed by atoms with E-state index in [0.717, 1.165) is 36.5 Å². The number of carbonyl (C=O) groups excluding carboxylic acids is 3. The fourth-order valence-electron chi connectivity index (χ4n) is 0.536. The molecule has 0 aromatic heterocycles. The molecule has 6 N–H and O–H groups in total. The second kappa shape index (κ2) is 35.1. The van der Waals surface area contributed by atoms with E-state index in [-0.39, 0.29) is 12.3 Å². The summed E-state index contributed by atoms with van der Waals surface area (Å²) in [7, 11) is 0. The van der Waals surface area contributed by atoms with Gasteiger partial charge >= 0.3 is 47.9 Å². The fraction of sp³-hybridized carbons (Fsp3) is 0.0833. The zero-order valence-corrected chi connectivity index (χ0v) is 21.4. The maximum absolute atomic E-state index is 11.0. The summed E-state index contributed by atoms with van der Waals surface area (Å²) in [6.07, 6.45) is 4.14. The Balaban J connectivity index is -0.0000000962. The van der Waals surface area contributed by atoms with Gasteiger partial charge in [0.25, 0.3) is 0 Å².